The van der Waals surface area contributed by atoms with Gasteiger partial charge in [-0.25, -0.2) is 4.39 Å². The zero-order valence-electron chi connectivity index (χ0n) is 11.9. The first-order valence-electron chi connectivity index (χ1n) is 6.63. The monoisotopic (exact) mass is 336 g/mol. The standard InChI is InChI=1S/C15H13FN2O4S/c16-12-3-1-2-4-14(12)23-13-6-5-10(18(21)22)9-11(13)15(20)17-7-8-19/h1-6,9,19H,7-8H2,(H,17,20). The molecule has 2 rings (SSSR count). The van der Waals surface area contributed by atoms with Gasteiger partial charge >= 0.3 is 0 Å². The first kappa shape index (κ1) is 16.9. The van der Waals surface area contributed by atoms with E-state index in [1.165, 1.54) is 18.2 Å². The number of carbonyl (C=O) groups is 1. The number of aliphatic hydroxyl groups excluding tert-OH is 1. The highest BCUT2D eigenvalue weighted by Crippen LogP contribution is 2.33. The lowest BCUT2D eigenvalue weighted by molar-refractivity contribution is -0.384. The maximum atomic E-state index is 13.8. The number of carbonyl (C=O) groups excluding carboxylic acids is 1. The molecule has 0 spiro atoms. The van der Waals surface area contributed by atoms with Crippen LogP contribution in [0.5, 0.6) is 0 Å². The van der Waals surface area contributed by atoms with E-state index in [2.05, 4.69) is 5.32 Å². The minimum absolute atomic E-state index is 0.0192. The first-order chi connectivity index (χ1) is 11.0. The van der Waals surface area contributed by atoms with Gasteiger partial charge in [0.05, 0.1) is 17.1 Å². The van der Waals surface area contributed by atoms with E-state index in [0.717, 1.165) is 17.8 Å². The number of nitro groups is 1. The molecule has 8 heteroatoms. The Balaban J connectivity index is 2.39. The van der Waals surface area contributed by atoms with Gasteiger partial charge in [-0.3, -0.25) is 14.9 Å². The molecular weight excluding hydrogens is 323 g/mol. The summed E-state index contributed by atoms with van der Waals surface area (Å²) in [4.78, 5) is 23.1. The highest BCUT2D eigenvalue weighted by molar-refractivity contribution is 7.99. The molecule has 2 aromatic carbocycles. The van der Waals surface area contributed by atoms with E-state index in [9.17, 15) is 19.3 Å². The van der Waals surface area contributed by atoms with Crippen molar-refractivity contribution in [2.45, 2.75) is 9.79 Å². The van der Waals surface area contributed by atoms with E-state index in [1.807, 2.05) is 0 Å². The van der Waals surface area contributed by atoms with Gasteiger partial charge in [0, 0.05) is 28.5 Å². The number of amides is 1. The van der Waals surface area contributed by atoms with Gasteiger partial charge < -0.3 is 10.4 Å². The lowest BCUT2D eigenvalue weighted by Gasteiger charge is -2.10. The second-order valence-corrected chi connectivity index (χ2v) is 5.53. The molecule has 2 aromatic rings. The zero-order chi connectivity index (χ0) is 16.8. The fourth-order valence-corrected chi connectivity index (χ4v) is 2.76. The Bertz CT molecular complexity index is 739. The lowest BCUT2D eigenvalue weighted by atomic mass is 10.2. The number of nitrogens with one attached hydrogen (secondary N) is 1. The molecule has 0 radical (unpaired) electrons. The highest BCUT2D eigenvalue weighted by atomic mass is 32.2. The number of rotatable bonds is 6. The van der Waals surface area contributed by atoms with Crippen LogP contribution in [-0.4, -0.2) is 29.1 Å². The summed E-state index contributed by atoms with van der Waals surface area (Å²) in [6.07, 6.45) is 0. The lowest BCUT2D eigenvalue weighted by Crippen LogP contribution is -2.26. The molecule has 23 heavy (non-hydrogen) atoms. The van der Waals surface area contributed by atoms with E-state index in [0.29, 0.717) is 9.79 Å². The van der Waals surface area contributed by atoms with Crippen molar-refractivity contribution in [3.05, 3.63) is 64.0 Å². The number of aliphatic hydroxyl groups is 1. The van der Waals surface area contributed by atoms with Crippen LogP contribution < -0.4 is 5.32 Å². The van der Waals surface area contributed by atoms with E-state index >= 15 is 0 Å². The number of nitrogens with zero attached hydrogens (tertiary/aromatic N) is 1. The molecule has 0 saturated carbocycles. The Hall–Kier alpha value is -2.45. The van der Waals surface area contributed by atoms with Gasteiger partial charge in [0.15, 0.2) is 0 Å². The van der Waals surface area contributed by atoms with Crippen LogP contribution in [0.1, 0.15) is 10.4 Å². The third-order valence-electron chi connectivity index (χ3n) is 2.87. The van der Waals surface area contributed by atoms with Crippen molar-refractivity contribution in [1.29, 1.82) is 0 Å². The minimum atomic E-state index is -0.611. The normalized spacial score (nSPS) is 10.3. The summed E-state index contributed by atoms with van der Waals surface area (Å²) < 4.78 is 13.8. The average molecular weight is 336 g/mol. The van der Waals surface area contributed by atoms with Gasteiger partial charge in [0.1, 0.15) is 5.82 Å². The molecule has 0 aliphatic rings. The van der Waals surface area contributed by atoms with E-state index in [1.54, 1.807) is 18.2 Å². The van der Waals surface area contributed by atoms with Crippen LogP contribution in [0.15, 0.2) is 52.3 Å². The predicted octanol–water partition coefficient (Wildman–Crippen LogP) is 2.61. The largest absolute Gasteiger partial charge is 0.395 e. The molecule has 6 nitrogen and oxygen atoms in total. The van der Waals surface area contributed by atoms with Crippen LogP contribution >= 0.6 is 11.8 Å². The molecule has 120 valence electrons. The number of hydrogen-bond acceptors (Lipinski definition) is 5. The van der Waals surface area contributed by atoms with E-state index in [-0.39, 0.29) is 24.4 Å². The minimum Gasteiger partial charge on any atom is -0.395 e. The maximum Gasteiger partial charge on any atom is 0.270 e. The van der Waals surface area contributed by atoms with Crippen LogP contribution in [0.3, 0.4) is 0 Å². The summed E-state index contributed by atoms with van der Waals surface area (Å²) in [5, 5.41) is 22.1. The fourth-order valence-electron chi connectivity index (χ4n) is 1.81. The molecule has 0 heterocycles. The topological polar surface area (TPSA) is 92.5 Å². The summed E-state index contributed by atoms with van der Waals surface area (Å²) >= 11 is 1.00. The van der Waals surface area contributed by atoms with Crippen molar-refractivity contribution in [2.24, 2.45) is 0 Å². The third kappa shape index (κ3) is 4.27. The first-order valence-corrected chi connectivity index (χ1v) is 7.44. The Morgan fingerprint density at radius 2 is 2.00 bits per heavy atom. The van der Waals surface area contributed by atoms with Crippen molar-refractivity contribution in [3.8, 4) is 0 Å². The average Bonchev–Trinajstić information content (AvgIpc) is 2.54. The van der Waals surface area contributed by atoms with Crippen molar-refractivity contribution >= 4 is 23.4 Å². The van der Waals surface area contributed by atoms with Crippen LogP contribution in [0.2, 0.25) is 0 Å². The van der Waals surface area contributed by atoms with Crippen LogP contribution in [0.25, 0.3) is 0 Å². The summed E-state index contributed by atoms with van der Waals surface area (Å²) in [5.41, 5.74) is -0.182. The van der Waals surface area contributed by atoms with Crippen molar-refractivity contribution in [1.82, 2.24) is 5.32 Å². The fraction of sp³-hybridized carbons (Fsp3) is 0.133. The molecule has 2 N–H and O–H groups in total. The number of non-ortho nitro benzene ring substituents is 1. The van der Waals surface area contributed by atoms with Gasteiger partial charge in [0.25, 0.3) is 11.6 Å². The third-order valence-corrected chi connectivity index (χ3v) is 4.00. The Kier molecular flexibility index (Phi) is 5.67. The summed E-state index contributed by atoms with van der Waals surface area (Å²) in [6.45, 7) is -0.234. The van der Waals surface area contributed by atoms with Crippen LogP contribution in [0, 0.1) is 15.9 Å². The number of hydrogen-bond donors (Lipinski definition) is 2. The van der Waals surface area contributed by atoms with Gasteiger partial charge in [-0.2, -0.15) is 0 Å². The molecule has 0 unspecified atom stereocenters. The van der Waals surface area contributed by atoms with Gasteiger partial charge in [-0.05, 0) is 18.2 Å². The quantitative estimate of drug-likeness (QED) is 0.625. The summed E-state index contributed by atoms with van der Waals surface area (Å²) in [5.74, 6) is -1.01. The molecule has 0 bridgehead atoms. The van der Waals surface area contributed by atoms with Gasteiger partial charge in [0.2, 0.25) is 0 Å². The molecule has 1 amide bonds. The van der Waals surface area contributed by atoms with Crippen molar-refractivity contribution in [3.63, 3.8) is 0 Å². The molecule has 0 saturated heterocycles. The van der Waals surface area contributed by atoms with Crippen molar-refractivity contribution in [2.75, 3.05) is 13.2 Å². The number of benzene rings is 2. The highest BCUT2D eigenvalue weighted by Gasteiger charge is 2.18. The summed E-state index contributed by atoms with van der Waals surface area (Å²) in [7, 11) is 0. The molecular formula is C15H13FN2O4S. The Morgan fingerprint density at radius 1 is 1.26 bits per heavy atom. The SMILES string of the molecule is O=C(NCCO)c1cc([N+](=O)[O-])ccc1Sc1ccccc1F. The van der Waals surface area contributed by atoms with Gasteiger partial charge in [-0.15, -0.1) is 0 Å². The Labute approximate surface area is 135 Å². The smallest absolute Gasteiger partial charge is 0.270 e. The molecule has 0 aromatic heterocycles. The predicted molar refractivity (Wildman–Crippen MR) is 83.0 cm³/mol. The molecule has 0 fully saturated rings. The maximum absolute atomic E-state index is 13.8. The summed E-state index contributed by atoms with van der Waals surface area (Å²) in [6, 6.07) is 9.84. The number of halogens is 1. The van der Waals surface area contributed by atoms with Crippen LogP contribution in [-0.2, 0) is 0 Å². The molecule has 0 aliphatic carbocycles. The van der Waals surface area contributed by atoms with E-state index < -0.39 is 16.6 Å². The molecule has 0 aliphatic heterocycles. The second kappa shape index (κ2) is 7.70. The van der Waals surface area contributed by atoms with Crippen molar-refractivity contribution < 1.29 is 19.2 Å². The van der Waals surface area contributed by atoms with Gasteiger partial charge in [-0.1, -0.05) is 23.9 Å². The zero-order valence-corrected chi connectivity index (χ0v) is 12.7. The number of nitro benzene ring substituents is 1. The second-order valence-electron chi connectivity index (χ2n) is 4.45. The Morgan fingerprint density at radius 3 is 2.65 bits per heavy atom. The van der Waals surface area contributed by atoms with E-state index in [4.69, 9.17) is 5.11 Å². The van der Waals surface area contributed by atoms with Crippen LogP contribution in [0.4, 0.5) is 10.1 Å². The molecule has 0 atom stereocenters.